The molecule has 7 nitrogen and oxygen atoms in total. The molecule has 118 valence electrons. The van der Waals surface area contributed by atoms with Gasteiger partial charge in [0.2, 0.25) is 0 Å². The van der Waals surface area contributed by atoms with Gasteiger partial charge in [-0.1, -0.05) is 37.2 Å². The third kappa shape index (κ3) is 4.16. The summed E-state index contributed by atoms with van der Waals surface area (Å²) in [5, 5.41) is 11.6. The lowest BCUT2D eigenvalue weighted by Gasteiger charge is -2.25. The predicted octanol–water partition coefficient (Wildman–Crippen LogP) is 0.800. The molecule has 0 amide bonds. The quantitative estimate of drug-likeness (QED) is 0.336. The third-order valence-electron chi connectivity index (χ3n) is 3.16. The number of amidine groups is 1. The Kier molecular flexibility index (Phi) is 6.13. The first kappa shape index (κ1) is 17.4. The van der Waals surface area contributed by atoms with E-state index in [1.165, 1.54) is 15.7 Å². The molecule has 8 heteroatoms. The molecule has 0 saturated heterocycles. The molecule has 0 heterocycles. The van der Waals surface area contributed by atoms with Crippen LogP contribution in [-0.4, -0.2) is 48.2 Å². The average Bonchev–Trinajstić information content (AvgIpc) is 2.47. The SMILES string of the molecule is CCN(CC)S(=O)(=O)N(C)Cc1cccc(C(N)=NO)c1. The second kappa shape index (κ2) is 7.39. The summed E-state index contributed by atoms with van der Waals surface area (Å²) in [5.74, 6) is -0.00824. The molecule has 1 aromatic carbocycles. The highest BCUT2D eigenvalue weighted by Crippen LogP contribution is 2.12. The number of hydrogen-bond acceptors (Lipinski definition) is 4. The van der Waals surface area contributed by atoms with Gasteiger partial charge in [-0.15, -0.1) is 0 Å². The summed E-state index contributed by atoms with van der Waals surface area (Å²) in [6.07, 6.45) is 0. The van der Waals surface area contributed by atoms with Crippen LogP contribution in [0.5, 0.6) is 0 Å². The molecule has 0 saturated carbocycles. The third-order valence-corrected chi connectivity index (χ3v) is 5.25. The van der Waals surface area contributed by atoms with Crippen LogP contribution >= 0.6 is 0 Å². The van der Waals surface area contributed by atoms with Crippen LogP contribution in [-0.2, 0) is 16.8 Å². The molecule has 0 radical (unpaired) electrons. The lowest BCUT2D eigenvalue weighted by Crippen LogP contribution is -2.41. The van der Waals surface area contributed by atoms with Gasteiger partial charge in [0.1, 0.15) is 0 Å². The Morgan fingerprint density at radius 1 is 1.33 bits per heavy atom. The number of hydrogen-bond donors (Lipinski definition) is 2. The van der Waals surface area contributed by atoms with E-state index in [-0.39, 0.29) is 12.4 Å². The fourth-order valence-corrected chi connectivity index (χ4v) is 3.33. The number of oxime groups is 1. The standard InChI is InChI=1S/C13H22N4O3S/c1-4-17(5-2)21(19,20)16(3)10-11-7-6-8-12(9-11)13(14)15-18/h6-9,18H,4-5,10H2,1-3H3,(H2,14,15). The van der Waals surface area contributed by atoms with E-state index in [0.29, 0.717) is 18.7 Å². The molecule has 0 atom stereocenters. The minimum Gasteiger partial charge on any atom is -0.409 e. The maximum absolute atomic E-state index is 12.3. The Morgan fingerprint density at radius 3 is 2.48 bits per heavy atom. The smallest absolute Gasteiger partial charge is 0.282 e. The predicted molar refractivity (Wildman–Crippen MR) is 82.3 cm³/mol. The lowest BCUT2D eigenvalue weighted by atomic mass is 10.1. The zero-order valence-electron chi connectivity index (χ0n) is 12.5. The molecule has 0 aliphatic carbocycles. The van der Waals surface area contributed by atoms with E-state index in [0.717, 1.165) is 5.56 Å². The van der Waals surface area contributed by atoms with Gasteiger partial charge in [-0.3, -0.25) is 0 Å². The first-order valence-electron chi connectivity index (χ1n) is 6.65. The topological polar surface area (TPSA) is 99.2 Å². The highest BCUT2D eigenvalue weighted by molar-refractivity contribution is 7.86. The van der Waals surface area contributed by atoms with E-state index in [2.05, 4.69) is 5.16 Å². The van der Waals surface area contributed by atoms with E-state index in [9.17, 15) is 8.42 Å². The number of benzene rings is 1. The Morgan fingerprint density at radius 2 is 1.95 bits per heavy atom. The largest absolute Gasteiger partial charge is 0.409 e. The van der Waals surface area contributed by atoms with Gasteiger partial charge in [0.15, 0.2) is 5.84 Å². The summed E-state index contributed by atoms with van der Waals surface area (Å²) in [7, 11) is -1.95. The molecule has 1 rings (SSSR count). The van der Waals surface area contributed by atoms with Crippen LogP contribution in [0.25, 0.3) is 0 Å². The van der Waals surface area contributed by atoms with E-state index in [4.69, 9.17) is 10.9 Å². The van der Waals surface area contributed by atoms with Gasteiger partial charge in [-0.05, 0) is 11.6 Å². The summed E-state index contributed by atoms with van der Waals surface area (Å²) in [6, 6.07) is 6.92. The number of rotatable bonds is 7. The van der Waals surface area contributed by atoms with Gasteiger partial charge in [0.05, 0.1) is 0 Å². The van der Waals surface area contributed by atoms with Gasteiger partial charge < -0.3 is 10.9 Å². The van der Waals surface area contributed by atoms with Gasteiger partial charge >= 0.3 is 0 Å². The van der Waals surface area contributed by atoms with Crippen LogP contribution < -0.4 is 5.73 Å². The maximum Gasteiger partial charge on any atom is 0.282 e. The molecule has 0 aliphatic rings. The highest BCUT2D eigenvalue weighted by atomic mass is 32.2. The molecule has 0 aromatic heterocycles. The monoisotopic (exact) mass is 314 g/mol. The molecular weight excluding hydrogens is 292 g/mol. The fraction of sp³-hybridized carbons (Fsp3) is 0.462. The normalized spacial score (nSPS) is 13.1. The van der Waals surface area contributed by atoms with Crippen molar-refractivity contribution >= 4 is 16.0 Å². The molecule has 0 fully saturated rings. The summed E-state index contributed by atoms with van der Waals surface area (Å²) < 4.78 is 27.3. The van der Waals surface area contributed by atoms with Crippen LogP contribution in [0.4, 0.5) is 0 Å². The molecule has 0 spiro atoms. The van der Waals surface area contributed by atoms with Crippen molar-refractivity contribution in [1.29, 1.82) is 0 Å². The van der Waals surface area contributed by atoms with E-state index < -0.39 is 10.2 Å². The molecular formula is C13H22N4O3S. The van der Waals surface area contributed by atoms with Gasteiger partial charge in [0, 0.05) is 32.2 Å². The molecule has 0 unspecified atom stereocenters. The minimum atomic E-state index is -3.48. The van der Waals surface area contributed by atoms with Gasteiger partial charge in [-0.2, -0.15) is 17.0 Å². The lowest BCUT2D eigenvalue weighted by molar-refractivity contribution is 0.318. The van der Waals surface area contributed by atoms with Crippen molar-refractivity contribution in [3.8, 4) is 0 Å². The van der Waals surface area contributed by atoms with Gasteiger partial charge in [0.25, 0.3) is 10.2 Å². The van der Waals surface area contributed by atoms with Crippen LogP contribution in [0, 0.1) is 0 Å². The number of nitrogens with two attached hydrogens (primary N) is 1. The number of nitrogens with zero attached hydrogens (tertiary/aromatic N) is 3. The maximum atomic E-state index is 12.3. The van der Waals surface area contributed by atoms with Crippen LogP contribution in [0.1, 0.15) is 25.0 Å². The first-order valence-corrected chi connectivity index (χ1v) is 8.04. The summed E-state index contributed by atoms with van der Waals surface area (Å²) in [6.45, 7) is 4.66. The first-order chi connectivity index (χ1) is 9.86. The van der Waals surface area contributed by atoms with Crippen LogP contribution in [0.2, 0.25) is 0 Å². The van der Waals surface area contributed by atoms with Crippen molar-refractivity contribution in [3.63, 3.8) is 0 Å². The van der Waals surface area contributed by atoms with Crippen molar-refractivity contribution in [2.45, 2.75) is 20.4 Å². The second-order valence-corrected chi connectivity index (χ2v) is 6.57. The van der Waals surface area contributed by atoms with Crippen molar-refractivity contribution in [2.75, 3.05) is 20.1 Å². The van der Waals surface area contributed by atoms with Crippen molar-refractivity contribution in [2.24, 2.45) is 10.9 Å². The van der Waals surface area contributed by atoms with Gasteiger partial charge in [-0.25, -0.2) is 0 Å². The molecule has 0 aliphatic heterocycles. The Labute approximate surface area is 125 Å². The Balaban J connectivity index is 2.96. The fourth-order valence-electron chi connectivity index (χ4n) is 1.97. The van der Waals surface area contributed by atoms with Crippen molar-refractivity contribution in [1.82, 2.24) is 8.61 Å². The molecule has 0 bridgehead atoms. The molecule has 1 aromatic rings. The summed E-state index contributed by atoms with van der Waals surface area (Å²) >= 11 is 0. The Hall–Kier alpha value is -1.64. The zero-order valence-corrected chi connectivity index (χ0v) is 13.3. The van der Waals surface area contributed by atoms with Crippen molar-refractivity contribution < 1.29 is 13.6 Å². The van der Waals surface area contributed by atoms with E-state index >= 15 is 0 Å². The van der Waals surface area contributed by atoms with Crippen LogP contribution in [0.15, 0.2) is 29.4 Å². The Bertz CT molecular complexity index is 597. The highest BCUT2D eigenvalue weighted by Gasteiger charge is 2.24. The van der Waals surface area contributed by atoms with Crippen LogP contribution in [0.3, 0.4) is 0 Å². The molecule has 21 heavy (non-hydrogen) atoms. The minimum absolute atomic E-state index is 0.00824. The molecule has 3 N–H and O–H groups in total. The average molecular weight is 314 g/mol. The summed E-state index contributed by atoms with van der Waals surface area (Å²) in [5.41, 5.74) is 6.84. The zero-order chi connectivity index (χ0) is 16.0. The van der Waals surface area contributed by atoms with E-state index in [1.54, 1.807) is 38.1 Å². The second-order valence-electron chi connectivity index (χ2n) is 4.53. The van der Waals surface area contributed by atoms with E-state index in [1.807, 2.05) is 0 Å². The summed E-state index contributed by atoms with van der Waals surface area (Å²) in [4.78, 5) is 0. The van der Waals surface area contributed by atoms with Crippen molar-refractivity contribution in [3.05, 3.63) is 35.4 Å².